The van der Waals surface area contributed by atoms with Crippen LogP contribution in [0.15, 0.2) is 6.20 Å². The highest BCUT2D eigenvalue weighted by Crippen LogP contribution is 2.19. The van der Waals surface area contributed by atoms with Gasteiger partial charge in [0.25, 0.3) is 0 Å². The number of anilines is 1. The Morgan fingerprint density at radius 2 is 2.26 bits per heavy atom. The molecule has 2 rings (SSSR count). The Morgan fingerprint density at radius 3 is 2.89 bits per heavy atom. The van der Waals surface area contributed by atoms with E-state index in [0.717, 1.165) is 31.3 Å². The standard InChI is InChI=1S/C14H24N4O/c1-4-19-8-7-18(3)14-16-10-12(11(2)17-14)9-15-13-5-6-13/h10,13,15H,4-9H2,1-3H3. The Hall–Kier alpha value is -1.20. The summed E-state index contributed by atoms with van der Waals surface area (Å²) < 4.78 is 5.34. The smallest absolute Gasteiger partial charge is 0.225 e. The number of rotatable bonds is 8. The molecule has 0 bridgehead atoms. The number of nitrogens with one attached hydrogen (secondary N) is 1. The molecule has 0 unspecified atom stereocenters. The zero-order chi connectivity index (χ0) is 13.7. The molecular weight excluding hydrogens is 240 g/mol. The van der Waals surface area contributed by atoms with Gasteiger partial charge >= 0.3 is 0 Å². The number of ether oxygens (including phenoxy) is 1. The summed E-state index contributed by atoms with van der Waals surface area (Å²) in [6.45, 7) is 7.19. The molecule has 0 amide bonds. The predicted octanol–water partition coefficient (Wildman–Crippen LogP) is 1.51. The van der Waals surface area contributed by atoms with Crippen LogP contribution >= 0.6 is 0 Å². The first-order chi connectivity index (χ1) is 9.20. The Labute approximate surface area is 115 Å². The first kappa shape index (κ1) is 14.2. The van der Waals surface area contributed by atoms with Crippen molar-refractivity contribution in [1.29, 1.82) is 0 Å². The minimum atomic E-state index is 0.709. The van der Waals surface area contributed by atoms with Gasteiger partial charge in [0, 0.05) is 50.2 Å². The summed E-state index contributed by atoms with van der Waals surface area (Å²) in [7, 11) is 2.00. The van der Waals surface area contributed by atoms with Gasteiger partial charge in [0.2, 0.25) is 5.95 Å². The summed E-state index contributed by atoms with van der Waals surface area (Å²) in [5.74, 6) is 0.771. The van der Waals surface area contributed by atoms with E-state index in [9.17, 15) is 0 Å². The quantitative estimate of drug-likeness (QED) is 0.721. The van der Waals surface area contributed by atoms with Crippen LogP contribution in [0.3, 0.4) is 0 Å². The Kier molecular flexibility index (Phi) is 5.10. The van der Waals surface area contributed by atoms with Crippen molar-refractivity contribution >= 4 is 5.95 Å². The summed E-state index contributed by atoms with van der Waals surface area (Å²) in [6, 6.07) is 0.716. The van der Waals surface area contributed by atoms with Crippen molar-refractivity contribution < 1.29 is 4.74 Å². The summed E-state index contributed by atoms with van der Waals surface area (Å²) in [6.07, 6.45) is 4.54. The van der Waals surface area contributed by atoms with E-state index in [0.29, 0.717) is 12.6 Å². The lowest BCUT2D eigenvalue weighted by Crippen LogP contribution is -2.25. The number of nitrogens with zero attached hydrogens (tertiary/aromatic N) is 3. The molecular formula is C14H24N4O. The van der Waals surface area contributed by atoms with Crippen LogP contribution in [0.4, 0.5) is 5.95 Å². The minimum absolute atomic E-state index is 0.709. The third-order valence-corrected chi connectivity index (χ3v) is 3.34. The maximum absolute atomic E-state index is 5.34. The van der Waals surface area contributed by atoms with E-state index >= 15 is 0 Å². The van der Waals surface area contributed by atoms with E-state index in [1.807, 2.05) is 32.0 Å². The molecule has 0 aromatic carbocycles. The van der Waals surface area contributed by atoms with E-state index in [2.05, 4.69) is 15.3 Å². The molecule has 1 aliphatic rings. The molecule has 106 valence electrons. The van der Waals surface area contributed by atoms with Crippen molar-refractivity contribution in [3.63, 3.8) is 0 Å². The molecule has 0 aliphatic heterocycles. The van der Waals surface area contributed by atoms with Crippen molar-refractivity contribution in [3.8, 4) is 0 Å². The predicted molar refractivity (Wildman–Crippen MR) is 76.4 cm³/mol. The van der Waals surface area contributed by atoms with Gasteiger partial charge in [0.05, 0.1) is 6.61 Å². The average Bonchev–Trinajstić information content (AvgIpc) is 3.21. The van der Waals surface area contributed by atoms with Gasteiger partial charge in [-0.2, -0.15) is 0 Å². The number of hydrogen-bond donors (Lipinski definition) is 1. The molecule has 1 aromatic rings. The van der Waals surface area contributed by atoms with Crippen LogP contribution < -0.4 is 10.2 Å². The SMILES string of the molecule is CCOCCN(C)c1ncc(CNC2CC2)c(C)n1. The zero-order valence-corrected chi connectivity index (χ0v) is 12.1. The monoisotopic (exact) mass is 264 g/mol. The van der Waals surface area contributed by atoms with Gasteiger partial charge in [-0.1, -0.05) is 0 Å². The van der Waals surface area contributed by atoms with Gasteiger partial charge in [-0.25, -0.2) is 9.97 Å². The van der Waals surface area contributed by atoms with Crippen molar-refractivity contribution in [1.82, 2.24) is 15.3 Å². The fraction of sp³-hybridized carbons (Fsp3) is 0.714. The third kappa shape index (κ3) is 4.44. The van der Waals surface area contributed by atoms with Crippen LogP contribution in [0, 0.1) is 6.92 Å². The number of hydrogen-bond acceptors (Lipinski definition) is 5. The second-order valence-electron chi connectivity index (χ2n) is 5.05. The van der Waals surface area contributed by atoms with Crippen molar-refractivity contribution in [2.45, 2.75) is 39.3 Å². The molecule has 1 aromatic heterocycles. The van der Waals surface area contributed by atoms with E-state index in [1.54, 1.807) is 0 Å². The maximum atomic E-state index is 5.34. The molecule has 0 saturated heterocycles. The molecule has 1 fully saturated rings. The lowest BCUT2D eigenvalue weighted by Gasteiger charge is -2.18. The molecule has 5 heteroatoms. The molecule has 1 N–H and O–H groups in total. The molecule has 19 heavy (non-hydrogen) atoms. The van der Waals surface area contributed by atoms with Crippen molar-refractivity contribution in [3.05, 3.63) is 17.5 Å². The first-order valence-electron chi connectivity index (χ1n) is 7.05. The molecule has 0 spiro atoms. The molecule has 5 nitrogen and oxygen atoms in total. The van der Waals surface area contributed by atoms with Crippen LogP contribution in [-0.4, -0.2) is 42.8 Å². The summed E-state index contributed by atoms with van der Waals surface area (Å²) in [4.78, 5) is 11.0. The fourth-order valence-corrected chi connectivity index (χ4v) is 1.82. The minimum Gasteiger partial charge on any atom is -0.380 e. The lowest BCUT2D eigenvalue weighted by atomic mass is 10.2. The Bertz CT molecular complexity index is 406. The Morgan fingerprint density at radius 1 is 1.47 bits per heavy atom. The average molecular weight is 264 g/mol. The second-order valence-corrected chi connectivity index (χ2v) is 5.05. The third-order valence-electron chi connectivity index (χ3n) is 3.34. The highest BCUT2D eigenvalue weighted by molar-refractivity contribution is 5.31. The highest BCUT2D eigenvalue weighted by Gasteiger charge is 2.20. The van der Waals surface area contributed by atoms with Gasteiger partial charge in [0.1, 0.15) is 0 Å². The highest BCUT2D eigenvalue weighted by atomic mass is 16.5. The molecule has 1 saturated carbocycles. The molecule has 1 aliphatic carbocycles. The van der Waals surface area contributed by atoms with Crippen LogP contribution in [0.25, 0.3) is 0 Å². The molecule has 0 atom stereocenters. The normalized spacial score (nSPS) is 14.7. The van der Waals surface area contributed by atoms with Gasteiger partial charge in [0.15, 0.2) is 0 Å². The van der Waals surface area contributed by atoms with Crippen molar-refractivity contribution in [2.24, 2.45) is 0 Å². The Balaban J connectivity index is 1.88. The molecule has 0 radical (unpaired) electrons. The van der Waals surface area contributed by atoms with Crippen LogP contribution in [0.2, 0.25) is 0 Å². The van der Waals surface area contributed by atoms with E-state index in [-0.39, 0.29) is 0 Å². The summed E-state index contributed by atoms with van der Waals surface area (Å²) >= 11 is 0. The molecule has 1 heterocycles. The first-order valence-corrected chi connectivity index (χ1v) is 7.05. The summed E-state index contributed by atoms with van der Waals surface area (Å²) in [5, 5.41) is 3.49. The lowest BCUT2D eigenvalue weighted by molar-refractivity contribution is 0.154. The topological polar surface area (TPSA) is 50.3 Å². The van der Waals surface area contributed by atoms with Gasteiger partial charge in [-0.15, -0.1) is 0 Å². The van der Waals surface area contributed by atoms with E-state index < -0.39 is 0 Å². The second kappa shape index (κ2) is 6.82. The number of likely N-dealkylation sites (N-methyl/N-ethyl adjacent to an activating group) is 1. The van der Waals surface area contributed by atoms with Crippen LogP contribution in [0.1, 0.15) is 31.0 Å². The largest absolute Gasteiger partial charge is 0.380 e. The van der Waals surface area contributed by atoms with Crippen LogP contribution in [0.5, 0.6) is 0 Å². The van der Waals surface area contributed by atoms with E-state index in [1.165, 1.54) is 18.4 Å². The van der Waals surface area contributed by atoms with E-state index in [4.69, 9.17) is 4.74 Å². The van der Waals surface area contributed by atoms with Crippen molar-refractivity contribution in [2.75, 3.05) is 31.7 Å². The fourth-order valence-electron chi connectivity index (χ4n) is 1.82. The maximum Gasteiger partial charge on any atom is 0.225 e. The van der Waals surface area contributed by atoms with Gasteiger partial charge < -0.3 is 15.0 Å². The van der Waals surface area contributed by atoms with Gasteiger partial charge in [-0.05, 0) is 26.7 Å². The number of aromatic nitrogens is 2. The van der Waals surface area contributed by atoms with Gasteiger partial charge in [-0.3, -0.25) is 0 Å². The summed E-state index contributed by atoms with van der Waals surface area (Å²) in [5.41, 5.74) is 2.25. The zero-order valence-electron chi connectivity index (χ0n) is 12.1. The van der Waals surface area contributed by atoms with Crippen LogP contribution in [-0.2, 0) is 11.3 Å². The number of aryl methyl sites for hydroxylation is 1.